The van der Waals surface area contributed by atoms with Gasteiger partial charge in [-0.2, -0.15) is 0 Å². The third kappa shape index (κ3) is 8.94. The third-order valence-electron chi connectivity index (χ3n) is 5.84. The molecule has 0 atom stereocenters. The van der Waals surface area contributed by atoms with Gasteiger partial charge in [0.2, 0.25) is 5.91 Å². The molecule has 0 bridgehead atoms. The molecule has 8 nitrogen and oxygen atoms in total. The molecule has 1 saturated carbocycles. The number of carbonyl (C=O) groups excluding carboxylic acids is 2. The fraction of sp³-hybridized carbons (Fsp3) is 0.870. The SMILES string of the molecule is CCNC(=O)C(C)(C)CNC(=NC)N1CCC(N(CC2CC2)C(=O)OC(C)(C)C)CC1.I. The molecule has 2 amide bonds. The van der Waals surface area contributed by atoms with Crippen molar-refractivity contribution in [2.75, 3.05) is 39.8 Å². The average molecular weight is 566 g/mol. The fourth-order valence-electron chi connectivity index (χ4n) is 3.77. The van der Waals surface area contributed by atoms with Gasteiger partial charge in [0.1, 0.15) is 5.60 Å². The van der Waals surface area contributed by atoms with Crippen molar-refractivity contribution >= 4 is 41.9 Å². The average Bonchev–Trinajstić information content (AvgIpc) is 3.50. The zero-order valence-electron chi connectivity index (χ0n) is 21.0. The van der Waals surface area contributed by atoms with Gasteiger partial charge in [-0.15, -0.1) is 24.0 Å². The van der Waals surface area contributed by atoms with Crippen LogP contribution in [0.5, 0.6) is 0 Å². The molecule has 0 radical (unpaired) electrons. The Balaban J connectivity index is 0.00000512. The van der Waals surface area contributed by atoms with Gasteiger partial charge in [-0.25, -0.2) is 4.79 Å². The number of carbonyl (C=O) groups is 2. The van der Waals surface area contributed by atoms with Crippen LogP contribution in [0.25, 0.3) is 0 Å². The number of amides is 2. The molecule has 0 aromatic carbocycles. The number of rotatable bonds is 7. The van der Waals surface area contributed by atoms with Crippen LogP contribution in [0.15, 0.2) is 4.99 Å². The van der Waals surface area contributed by atoms with Crippen molar-refractivity contribution in [1.29, 1.82) is 0 Å². The highest BCUT2D eigenvalue weighted by molar-refractivity contribution is 14.0. The van der Waals surface area contributed by atoms with Gasteiger partial charge in [0.15, 0.2) is 5.96 Å². The summed E-state index contributed by atoms with van der Waals surface area (Å²) in [6, 6.07) is 0.191. The number of guanidine groups is 1. The van der Waals surface area contributed by atoms with Crippen LogP contribution in [0, 0.1) is 11.3 Å². The Bertz CT molecular complexity index is 651. The van der Waals surface area contributed by atoms with Crippen molar-refractivity contribution in [2.45, 2.75) is 78.9 Å². The van der Waals surface area contributed by atoms with Gasteiger partial charge >= 0.3 is 6.09 Å². The van der Waals surface area contributed by atoms with E-state index in [0.29, 0.717) is 19.0 Å². The predicted molar refractivity (Wildman–Crippen MR) is 140 cm³/mol. The lowest BCUT2D eigenvalue weighted by Gasteiger charge is -2.40. The molecular formula is C23H44IN5O3. The van der Waals surface area contributed by atoms with Crippen molar-refractivity contribution < 1.29 is 14.3 Å². The molecule has 1 aliphatic carbocycles. The van der Waals surface area contributed by atoms with Crippen LogP contribution in [0.4, 0.5) is 4.79 Å². The van der Waals surface area contributed by atoms with Gasteiger partial charge in [-0.1, -0.05) is 0 Å². The Hall–Kier alpha value is -1.26. The Morgan fingerprint density at radius 2 is 1.66 bits per heavy atom. The van der Waals surface area contributed by atoms with E-state index in [0.717, 1.165) is 38.4 Å². The van der Waals surface area contributed by atoms with Crippen LogP contribution >= 0.6 is 24.0 Å². The maximum atomic E-state index is 12.8. The second-order valence-corrected chi connectivity index (χ2v) is 10.4. The fourth-order valence-corrected chi connectivity index (χ4v) is 3.77. The molecule has 1 heterocycles. The molecule has 9 heteroatoms. The van der Waals surface area contributed by atoms with E-state index in [9.17, 15) is 9.59 Å². The molecule has 2 aliphatic rings. The van der Waals surface area contributed by atoms with E-state index in [2.05, 4.69) is 20.5 Å². The molecule has 1 saturated heterocycles. The minimum absolute atomic E-state index is 0. The van der Waals surface area contributed by atoms with Crippen LogP contribution in [0.3, 0.4) is 0 Å². The number of hydrogen-bond donors (Lipinski definition) is 2. The molecular weight excluding hydrogens is 521 g/mol. The molecule has 2 N–H and O–H groups in total. The number of halogens is 1. The minimum Gasteiger partial charge on any atom is -0.444 e. The number of aliphatic imine (C=N–C) groups is 1. The maximum Gasteiger partial charge on any atom is 0.410 e. The molecule has 0 aromatic heterocycles. The van der Waals surface area contributed by atoms with E-state index in [1.807, 2.05) is 46.4 Å². The summed E-state index contributed by atoms with van der Waals surface area (Å²) < 4.78 is 5.69. The van der Waals surface area contributed by atoms with Gasteiger partial charge < -0.3 is 25.2 Å². The monoisotopic (exact) mass is 565 g/mol. The molecule has 1 aliphatic heterocycles. The molecule has 0 aromatic rings. The van der Waals surface area contributed by atoms with E-state index < -0.39 is 11.0 Å². The second kappa shape index (κ2) is 12.3. The lowest BCUT2D eigenvalue weighted by molar-refractivity contribution is -0.128. The topological polar surface area (TPSA) is 86.3 Å². The third-order valence-corrected chi connectivity index (χ3v) is 5.84. The van der Waals surface area contributed by atoms with Gasteiger partial charge in [0, 0.05) is 45.8 Å². The highest BCUT2D eigenvalue weighted by Gasteiger charge is 2.36. The summed E-state index contributed by atoms with van der Waals surface area (Å²) in [5, 5.41) is 6.26. The lowest BCUT2D eigenvalue weighted by atomic mass is 9.92. The largest absolute Gasteiger partial charge is 0.444 e. The second-order valence-electron chi connectivity index (χ2n) is 10.4. The van der Waals surface area contributed by atoms with Crippen LogP contribution < -0.4 is 10.6 Å². The Morgan fingerprint density at radius 3 is 2.12 bits per heavy atom. The quantitative estimate of drug-likeness (QED) is 0.281. The summed E-state index contributed by atoms with van der Waals surface area (Å²) in [5.41, 5.74) is -1.01. The van der Waals surface area contributed by atoms with Gasteiger partial charge in [0.25, 0.3) is 0 Å². The van der Waals surface area contributed by atoms with E-state index in [-0.39, 0.29) is 42.0 Å². The number of nitrogens with one attached hydrogen (secondary N) is 2. The van der Waals surface area contributed by atoms with Crippen LogP contribution in [-0.2, 0) is 9.53 Å². The van der Waals surface area contributed by atoms with Crippen molar-refractivity contribution in [3.8, 4) is 0 Å². The van der Waals surface area contributed by atoms with Crippen LogP contribution in [0.1, 0.15) is 67.2 Å². The van der Waals surface area contributed by atoms with Crippen molar-refractivity contribution in [3.63, 3.8) is 0 Å². The number of likely N-dealkylation sites (tertiary alicyclic amines) is 1. The highest BCUT2D eigenvalue weighted by Crippen LogP contribution is 2.32. The zero-order chi connectivity index (χ0) is 23.2. The molecule has 0 spiro atoms. The molecule has 2 fully saturated rings. The Morgan fingerprint density at radius 1 is 1.06 bits per heavy atom. The van der Waals surface area contributed by atoms with Crippen molar-refractivity contribution in [2.24, 2.45) is 16.3 Å². The van der Waals surface area contributed by atoms with Gasteiger partial charge in [-0.3, -0.25) is 9.79 Å². The number of nitrogens with zero attached hydrogens (tertiary/aromatic N) is 3. The molecule has 2 rings (SSSR count). The normalized spacial score (nSPS) is 18.0. The van der Waals surface area contributed by atoms with E-state index in [1.165, 1.54) is 12.8 Å². The lowest BCUT2D eigenvalue weighted by Crippen LogP contribution is -2.54. The number of piperidine rings is 1. The predicted octanol–water partition coefficient (Wildman–Crippen LogP) is 3.45. The van der Waals surface area contributed by atoms with Crippen LogP contribution in [-0.4, -0.2) is 79.2 Å². The molecule has 0 unspecified atom stereocenters. The first-order chi connectivity index (χ1) is 14.5. The Labute approximate surface area is 211 Å². The summed E-state index contributed by atoms with van der Waals surface area (Å²) in [7, 11) is 1.77. The number of hydrogen-bond acceptors (Lipinski definition) is 4. The molecule has 32 heavy (non-hydrogen) atoms. The van der Waals surface area contributed by atoms with Gasteiger partial charge in [0.05, 0.1) is 5.41 Å². The summed E-state index contributed by atoms with van der Waals surface area (Å²) in [4.78, 5) is 33.7. The summed E-state index contributed by atoms with van der Waals surface area (Å²) >= 11 is 0. The van der Waals surface area contributed by atoms with Crippen molar-refractivity contribution in [3.05, 3.63) is 0 Å². The first-order valence-corrected chi connectivity index (χ1v) is 11.7. The number of ether oxygens (including phenoxy) is 1. The highest BCUT2D eigenvalue weighted by atomic mass is 127. The Kier molecular flexibility index (Phi) is 11.0. The first kappa shape index (κ1) is 28.8. The van der Waals surface area contributed by atoms with E-state index >= 15 is 0 Å². The minimum atomic E-state index is -0.526. The summed E-state index contributed by atoms with van der Waals surface area (Å²) in [5.74, 6) is 1.46. The smallest absolute Gasteiger partial charge is 0.410 e. The van der Waals surface area contributed by atoms with Crippen molar-refractivity contribution in [1.82, 2.24) is 20.4 Å². The van der Waals surface area contributed by atoms with E-state index in [1.54, 1.807) is 7.05 Å². The maximum absolute atomic E-state index is 12.8. The van der Waals surface area contributed by atoms with Crippen LogP contribution in [0.2, 0.25) is 0 Å². The van der Waals surface area contributed by atoms with Gasteiger partial charge in [-0.05, 0) is 73.1 Å². The standard InChI is InChI=1S/C23H43N5O3.HI/c1-8-25-19(29)23(5,6)16-26-20(24-7)27-13-11-18(12-14-27)28(15-17-9-10-17)21(30)31-22(2,3)4;/h17-18H,8-16H2,1-7H3,(H,24,26)(H,25,29);1H. The first-order valence-electron chi connectivity index (χ1n) is 11.7. The zero-order valence-corrected chi connectivity index (χ0v) is 23.3. The summed E-state index contributed by atoms with van der Waals surface area (Å²) in [6.07, 6.45) is 3.98. The molecule has 186 valence electrons. The van der Waals surface area contributed by atoms with E-state index in [4.69, 9.17) is 4.74 Å². The summed E-state index contributed by atoms with van der Waals surface area (Å²) in [6.45, 7) is 15.1.